The van der Waals surface area contributed by atoms with Gasteiger partial charge in [0.15, 0.2) is 5.50 Å². The minimum absolute atomic E-state index is 0.00235. The number of nitrogens with zero attached hydrogens (tertiary/aromatic N) is 2. The van der Waals surface area contributed by atoms with Gasteiger partial charge in [-0.25, -0.2) is 0 Å². The van der Waals surface area contributed by atoms with Gasteiger partial charge in [-0.3, -0.25) is 14.9 Å². The number of carbonyl (C=O) groups excluding carboxylic acids is 1. The summed E-state index contributed by atoms with van der Waals surface area (Å²) in [7, 11) is 1.83. The summed E-state index contributed by atoms with van der Waals surface area (Å²) in [5.74, 6) is -0.0695. The zero-order valence-corrected chi connectivity index (χ0v) is 16.3. The van der Waals surface area contributed by atoms with E-state index in [1.165, 1.54) is 23.9 Å². The molecule has 2 N–H and O–H groups in total. The lowest BCUT2D eigenvalue weighted by molar-refractivity contribution is -0.384. The number of anilines is 1. The molecule has 9 heteroatoms. The van der Waals surface area contributed by atoms with Crippen molar-refractivity contribution in [2.75, 3.05) is 11.9 Å². The van der Waals surface area contributed by atoms with E-state index in [2.05, 4.69) is 5.32 Å². The van der Waals surface area contributed by atoms with Crippen molar-refractivity contribution in [3.8, 4) is 5.75 Å². The first kappa shape index (κ1) is 19.8. The first-order valence-electron chi connectivity index (χ1n) is 8.16. The zero-order valence-electron chi connectivity index (χ0n) is 14.7. The Morgan fingerprint density at radius 2 is 1.89 bits per heavy atom. The number of halogens is 1. The van der Waals surface area contributed by atoms with Crippen LogP contribution < -0.4 is 10.2 Å². The van der Waals surface area contributed by atoms with Crippen LogP contribution in [0, 0.1) is 10.1 Å². The molecule has 1 saturated heterocycles. The number of hydrogen-bond donors (Lipinski definition) is 2. The fraction of sp³-hybridized carbons (Fsp3) is 0.105. The Morgan fingerprint density at radius 3 is 2.50 bits per heavy atom. The second kappa shape index (κ2) is 8.37. The molecule has 0 saturated carbocycles. The van der Waals surface area contributed by atoms with Crippen LogP contribution in [0.4, 0.5) is 11.4 Å². The molecule has 1 atom stereocenters. The normalized spacial score (nSPS) is 18.2. The molecule has 0 bridgehead atoms. The van der Waals surface area contributed by atoms with Crippen LogP contribution in [-0.2, 0) is 4.79 Å². The number of nitro groups is 1. The summed E-state index contributed by atoms with van der Waals surface area (Å²) in [6, 6.07) is 12.6. The molecule has 28 heavy (non-hydrogen) atoms. The zero-order chi connectivity index (χ0) is 20.3. The molecule has 1 fully saturated rings. The van der Waals surface area contributed by atoms with E-state index in [1.807, 2.05) is 11.9 Å². The van der Waals surface area contributed by atoms with Gasteiger partial charge in [0.2, 0.25) is 0 Å². The molecule has 1 aliphatic rings. The number of thioether (sulfide) groups is 1. The van der Waals surface area contributed by atoms with E-state index in [-0.39, 0.29) is 22.8 Å². The summed E-state index contributed by atoms with van der Waals surface area (Å²) in [5.41, 5.74) is 1.21. The van der Waals surface area contributed by atoms with Gasteiger partial charge in [0.1, 0.15) is 5.75 Å². The molecule has 0 aromatic heterocycles. The number of allylic oxidation sites excluding steroid dienone is 2. The molecule has 1 aliphatic heterocycles. The number of phenols is 1. The number of carbonyl (C=O) groups is 1. The lowest BCUT2D eigenvalue weighted by Crippen LogP contribution is -2.39. The molecule has 7 nitrogen and oxygen atoms in total. The van der Waals surface area contributed by atoms with Crippen LogP contribution >= 0.6 is 23.4 Å². The summed E-state index contributed by atoms with van der Waals surface area (Å²) >= 11 is 7.56. The highest BCUT2D eigenvalue weighted by Crippen LogP contribution is 2.33. The van der Waals surface area contributed by atoms with Gasteiger partial charge >= 0.3 is 0 Å². The molecule has 1 amide bonds. The highest BCUT2D eigenvalue weighted by Gasteiger charge is 2.30. The largest absolute Gasteiger partial charge is 0.508 e. The lowest BCUT2D eigenvalue weighted by atomic mass is 10.2. The summed E-state index contributed by atoms with van der Waals surface area (Å²) in [6.45, 7) is 0. The van der Waals surface area contributed by atoms with Crippen molar-refractivity contribution in [1.82, 2.24) is 5.32 Å². The number of rotatable bonds is 5. The first-order chi connectivity index (χ1) is 13.3. The molecule has 2 aromatic rings. The number of nitrogens with one attached hydrogen (secondary N) is 1. The third-order valence-electron chi connectivity index (χ3n) is 4.00. The van der Waals surface area contributed by atoms with E-state index < -0.39 is 4.92 Å². The van der Waals surface area contributed by atoms with Gasteiger partial charge < -0.3 is 15.3 Å². The van der Waals surface area contributed by atoms with E-state index in [9.17, 15) is 20.0 Å². The van der Waals surface area contributed by atoms with E-state index in [0.717, 1.165) is 5.69 Å². The third-order valence-corrected chi connectivity index (χ3v) is 5.44. The predicted molar refractivity (Wildman–Crippen MR) is 111 cm³/mol. The Hall–Kier alpha value is -2.97. The SMILES string of the molecule is CN(c1ccc(O)cc1)[C@@H]1NC(=O)/C(=C/C(Cl)=C/c2ccc([N+](=O)[O-])cc2)S1. The Kier molecular flexibility index (Phi) is 5.91. The van der Waals surface area contributed by atoms with Crippen molar-refractivity contribution >= 4 is 46.7 Å². The number of hydrogen-bond acceptors (Lipinski definition) is 6. The Morgan fingerprint density at radius 1 is 1.25 bits per heavy atom. The Labute approximate surface area is 170 Å². The third kappa shape index (κ3) is 4.65. The molecular formula is C19H16ClN3O4S. The number of nitro benzene ring substituents is 1. The second-order valence-electron chi connectivity index (χ2n) is 5.96. The average Bonchev–Trinajstić information content (AvgIpc) is 3.02. The second-order valence-corrected chi connectivity index (χ2v) is 7.52. The molecule has 0 radical (unpaired) electrons. The quantitative estimate of drug-likeness (QED) is 0.433. The van der Waals surface area contributed by atoms with Gasteiger partial charge in [0.05, 0.1) is 9.83 Å². The van der Waals surface area contributed by atoms with Gasteiger partial charge in [0, 0.05) is 29.9 Å². The van der Waals surface area contributed by atoms with E-state index >= 15 is 0 Å². The standard InChI is InChI=1S/C19H16ClN3O4S/c1-22(14-6-8-16(24)9-7-14)19-21-18(25)17(28-19)11-13(20)10-12-2-4-15(5-3-12)23(26)27/h2-11,19,24H,1H3,(H,21,25)/b13-10-,17-11-/t19-/m0/s1. The van der Waals surface area contributed by atoms with Crippen molar-refractivity contribution in [2.45, 2.75) is 5.50 Å². The smallest absolute Gasteiger partial charge is 0.269 e. The summed E-state index contributed by atoms with van der Waals surface area (Å²) in [6.07, 6.45) is 3.19. The summed E-state index contributed by atoms with van der Waals surface area (Å²) in [4.78, 5) is 24.8. The van der Waals surface area contributed by atoms with Gasteiger partial charge in [-0.15, -0.1) is 0 Å². The van der Waals surface area contributed by atoms with Crippen molar-refractivity contribution in [3.05, 3.63) is 80.2 Å². The molecule has 0 aliphatic carbocycles. The maximum absolute atomic E-state index is 12.3. The van der Waals surface area contributed by atoms with Crippen molar-refractivity contribution in [1.29, 1.82) is 0 Å². The van der Waals surface area contributed by atoms with Crippen LogP contribution in [0.25, 0.3) is 6.08 Å². The van der Waals surface area contributed by atoms with E-state index in [0.29, 0.717) is 15.5 Å². The molecule has 0 unspecified atom stereocenters. The van der Waals surface area contributed by atoms with E-state index in [4.69, 9.17) is 11.6 Å². The van der Waals surface area contributed by atoms with Gasteiger partial charge in [0.25, 0.3) is 11.6 Å². The van der Waals surface area contributed by atoms with Crippen LogP contribution in [0.15, 0.2) is 64.5 Å². The number of amides is 1. The number of benzene rings is 2. The number of phenolic OH excluding ortho intramolecular Hbond substituents is 1. The molecule has 1 heterocycles. The molecular weight excluding hydrogens is 402 g/mol. The van der Waals surface area contributed by atoms with Crippen molar-refractivity contribution in [3.63, 3.8) is 0 Å². The van der Waals surface area contributed by atoms with Crippen LogP contribution in [0.5, 0.6) is 5.75 Å². The van der Waals surface area contributed by atoms with Gasteiger partial charge in [-0.05, 0) is 54.1 Å². The highest BCUT2D eigenvalue weighted by molar-refractivity contribution is 8.05. The predicted octanol–water partition coefficient (Wildman–Crippen LogP) is 4.05. The van der Waals surface area contributed by atoms with Crippen LogP contribution in [0.3, 0.4) is 0 Å². The molecule has 3 rings (SSSR count). The van der Waals surface area contributed by atoms with Crippen LogP contribution in [0.1, 0.15) is 5.56 Å². The average molecular weight is 418 g/mol. The lowest BCUT2D eigenvalue weighted by Gasteiger charge is -2.25. The molecule has 144 valence electrons. The Balaban J connectivity index is 1.72. The van der Waals surface area contributed by atoms with Gasteiger partial charge in [-0.1, -0.05) is 23.4 Å². The monoisotopic (exact) mass is 417 g/mol. The number of aromatic hydroxyl groups is 1. The van der Waals surface area contributed by atoms with Gasteiger partial charge in [-0.2, -0.15) is 0 Å². The number of non-ortho nitro benzene ring substituents is 1. The Bertz CT molecular complexity index is 958. The maximum atomic E-state index is 12.3. The first-order valence-corrected chi connectivity index (χ1v) is 9.42. The topological polar surface area (TPSA) is 95.7 Å². The minimum atomic E-state index is -0.471. The van der Waals surface area contributed by atoms with E-state index in [1.54, 1.807) is 48.6 Å². The summed E-state index contributed by atoms with van der Waals surface area (Å²) < 4.78 is 0. The summed E-state index contributed by atoms with van der Waals surface area (Å²) in [5, 5.41) is 23.3. The molecule has 0 spiro atoms. The van der Waals surface area contributed by atoms with Crippen molar-refractivity contribution < 1.29 is 14.8 Å². The van der Waals surface area contributed by atoms with Crippen molar-refractivity contribution in [2.24, 2.45) is 0 Å². The minimum Gasteiger partial charge on any atom is -0.508 e. The highest BCUT2D eigenvalue weighted by atomic mass is 35.5. The maximum Gasteiger partial charge on any atom is 0.269 e. The fourth-order valence-corrected chi connectivity index (χ4v) is 3.85. The fourth-order valence-electron chi connectivity index (χ4n) is 2.50. The molecule has 2 aromatic carbocycles. The van der Waals surface area contributed by atoms with Crippen LogP contribution in [-0.4, -0.2) is 28.5 Å². The van der Waals surface area contributed by atoms with Crippen LogP contribution in [0.2, 0.25) is 0 Å².